The third-order valence-corrected chi connectivity index (χ3v) is 8.03. The van der Waals surface area contributed by atoms with Crippen molar-refractivity contribution in [1.82, 2.24) is 21.3 Å². The summed E-state index contributed by atoms with van der Waals surface area (Å²) in [5, 5.41) is 11.9. The molecule has 2 aliphatic rings. The molecule has 4 N–H and O–H groups in total. The summed E-state index contributed by atoms with van der Waals surface area (Å²) in [5.41, 5.74) is 0.365. The minimum Gasteiger partial charge on any atom is -0.491 e. The maximum atomic E-state index is 13.7. The molecule has 0 saturated heterocycles. The van der Waals surface area contributed by atoms with E-state index < -0.39 is 17.5 Å². The van der Waals surface area contributed by atoms with Gasteiger partial charge in [0.2, 0.25) is 17.7 Å². The first-order valence-corrected chi connectivity index (χ1v) is 14.7. The summed E-state index contributed by atoms with van der Waals surface area (Å²) in [5.74, 6) is -0.935. The van der Waals surface area contributed by atoms with Crippen molar-refractivity contribution in [3.05, 3.63) is 65.7 Å². The number of carbonyl (C=O) groups is 4. The molecule has 0 radical (unpaired) electrons. The molecule has 0 bridgehead atoms. The van der Waals surface area contributed by atoms with Gasteiger partial charge in [0, 0.05) is 13.0 Å². The average molecular weight is 563 g/mol. The Kier molecular flexibility index (Phi) is 10.4. The highest BCUT2D eigenvalue weighted by Gasteiger charge is 2.42. The van der Waals surface area contributed by atoms with Crippen LogP contribution in [0.25, 0.3) is 0 Å². The SMILES string of the molecule is CC(C)[C@@H]1COc2ccccc2C(=O)N[C@H](C(=O)NCCc2ccccc2)CCC(=O)NC2(CCCCC2)C(=O)N1. The number of ether oxygens (including phenoxy) is 1. The Balaban J connectivity index is 1.58. The molecular weight excluding hydrogens is 520 g/mol. The molecule has 41 heavy (non-hydrogen) atoms. The molecule has 2 aromatic carbocycles. The third kappa shape index (κ3) is 8.08. The maximum absolute atomic E-state index is 13.7. The fraction of sp³-hybridized carbons (Fsp3) is 0.500. The lowest BCUT2D eigenvalue weighted by Crippen LogP contribution is -2.62. The van der Waals surface area contributed by atoms with Gasteiger partial charge < -0.3 is 26.0 Å². The van der Waals surface area contributed by atoms with Gasteiger partial charge in [0.1, 0.15) is 23.9 Å². The summed E-state index contributed by atoms with van der Waals surface area (Å²) in [6.07, 6.45) is 4.51. The Bertz CT molecular complexity index is 1210. The van der Waals surface area contributed by atoms with Crippen LogP contribution in [-0.4, -0.2) is 54.4 Å². The molecule has 4 rings (SSSR count). The molecule has 220 valence electrons. The van der Waals surface area contributed by atoms with Crippen molar-refractivity contribution in [2.24, 2.45) is 5.92 Å². The quantitative estimate of drug-likeness (QED) is 0.445. The number of para-hydroxylation sites is 1. The first kappa shape index (κ1) is 30.1. The van der Waals surface area contributed by atoms with E-state index in [-0.39, 0.29) is 54.7 Å². The number of nitrogens with one attached hydrogen (secondary N) is 4. The molecule has 1 spiro atoms. The zero-order chi connectivity index (χ0) is 29.2. The number of amides is 4. The standard InChI is InChI=1S/C32H42N4O5/c1-22(2)26-21-41-27-14-8-7-13-24(27)29(38)34-25(30(39)33-20-17-23-11-5-3-6-12-23)15-16-28(37)36-32(31(40)35-26)18-9-4-10-19-32/h3,5-8,11-14,22,25-26H,4,9-10,15-21H2,1-2H3,(H,33,39)(H,34,38)(H,35,40)(H,36,37)/t25-,26-/m0/s1. The molecule has 2 atom stereocenters. The van der Waals surface area contributed by atoms with Crippen LogP contribution in [-0.2, 0) is 20.8 Å². The van der Waals surface area contributed by atoms with E-state index in [0.717, 1.165) is 24.8 Å². The van der Waals surface area contributed by atoms with E-state index in [1.54, 1.807) is 24.3 Å². The fourth-order valence-electron chi connectivity index (χ4n) is 5.44. The van der Waals surface area contributed by atoms with Crippen LogP contribution < -0.4 is 26.0 Å². The van der Waals surface area contributed by atoms with Crippen LogP contribution in [0, 0.1) is 5.92 Å². The Morgan fingerprint density at radius 3 is 2.41 bits per heavy atom. The highest BCUT2D eigenvalue weighted by Crippen LogP contribution is 2.29. The minimum atomic E-state index is -1.00. The van der Waals surface area contributed by atoms with Crippen LogP contribution in [0.2, 0.25) is 0 Å². The summed E-state index contributed by atoms with van der Waals surface area (Å²) in [6, 6.07) is 15.4. The van der Waals surface area contributed by atoms with Gasteiger partial charge in [-0.25, -0.2) is 0 Å². The fourth-order valence-corrected chi connectivity index (χ4v) is 5.44. The van der Waals surface area contributed by atoms with Gasteiger partial charge in [-0.15, -0.1) is 0 Å². The maximum Gasteiger partial charge on any atom is 0.255 e. The van der Waals surface area contributed by atoms with E-state index in [2.05, 4.69) is 21.3 Å². The van der Waals surface area contributed by atoms with Crippen molar-refractivity contribution in [3.63, 3.8) is 0 Å². The molecule has 1 aliphatic heterocycles. The molecule has 9 nitrogen and oxygen atoms in total. The third-order valence-electron chi connectivity index (χ3n) is 8.03. The van der Waals surface area contributed by atoms with Crippen LogP contribution in [0.15, 0.2) is 54.6 Å². The molecule has 0 unspecified atom stereocenters. The van der Waals surface area contributed by atoms with Crippen LogP contribution in [0.4, 0.5) is 0 Å². The molecule has 9 heteroatoms. The number of fused-ring (bicyclic) bond motifs is 1. The van der Waals surface area contributed by atoms with E-state index >= 15 is 0 Å². The lowest BCUT2D eigenvalue weighted by molar-refractivity contribution is -0.136. The molecule has 0 aromatic heterocycles. The summed E-state index contributed by atoms with van der Waals surface area (Å²) < 4.78 is 6.10. The number of hydrogen-bond donors (Lipinski definition) is 4. The monoisotopic (exact) mass is 562 g/mol. The van der Waals surface area contributed by atoms with Gasteiger partial charge in [0.15, 0.2) is 0 Å². The van der Waals surface area contributed by atoms with Gasteiger partial charge in [0.25, 0.3) is 5.91 Å². The molecular formula is C32H42N4O5. The van der Waals surface area contributed by atoms with Gasteiger partial charge in [-0.1, -0.05) is 75.6 Å². The lowest BCUT2D eigenvalue weighted by Gasteiger charge is -2.38. The van der Waals surface area contributed by atoms with Crippen molar-refractivity contribution in [3.8, 4) is 5.75 Å². The summed E-state index contributed by atoms with van der Waals surface area (Å²) in [4.78, 5) is 53.6. The van der Waals surface area contributed by atoms with Crippen molar-refractivity contribution in [2.45, 2.75) is 82.8 Å². The molecule has 1 saturated carbocycles. The highest BCUT2D eigenvalue weighted by atomic mass is 16.5. The van der Waals surface area contributed by atoms with Crippen molar-refractivity contribution in [1.29, 1.82) is 0 Å². The Hall–Kier alpha value is -3.88. The van der Waals surface area contributed by atoms with Gasteiger partial charge in [-0.3, -0.25) is 19.2 Å². The second-order valence-electron chi connectivity index (χ2n) is 11.4. The number of benzene rings is 2. The second-order valence-corrected chi connectivity index (χ2v) is 11.4. The number of rotatable bonds is 5. The van der Waals surface area contributed by atoms with Gasteiger partial charge in [-0.05, 0) is 49.3 Å². The van der Waals surface area contributed by atoms with E-state index in [1.165, 1.54) is 0 Å². The summed E-state index contributed by atoms with van der Waals surface area (Å²) >= 11 is 0. The smallest absolute Gasteiger partial charge is 0.255 e. The lowest BCUT2D eigenvalue weighted by atomic mass is 9.80. The van der Waals surface area contributed by atoms with Gasteiger partial charge >= 0.3 is 0 Å². The zero-order valence-corrected chi connectivity index (χ0v) is 24.0. The Labute approximate surface area is 242 Å². The average Bonchev–Trinajstić information content (AvgIpc) is 2.97. The summed E-state index contributed by atoms with van der Waals surface area (Å²) in [6.45, 7) is 4.53. The van der Waals surface area contributed by atoms with E-state index in [4.69, 9.17) is 4.74 Å². The normalized spacial score (nSPS) is 21.8. The van der Waals surface area contributed by atoms with Crippen LogP contribution in [0.1, 0.15) is 74.7 Å². The topological polar surface area (TPSA) is 126 Å². The van der Waals surface area contributed by atoms with Crippen molar-refractivity contribution >= 4 is 23.6 Å². The molecule has 1 heterocycles. The van der Waals surface area contributed by atoms with E-state index in [9.17, 15) is 19.2 Å². The largest absolute Gasteiger partial charge is 0.491 e. The van der Waals surface area contributed by atoms with E-state index in [0.29, 0.717) is 31.6 Å². The molecule has 1 fully saturated rings. The van der Waals surface area contributed by atoms with Crippen molar-refractivity contribution < 1.29 is 23.9 Å². The highest BCUT2D eigenvalue weighted by molar-refractivity contribution is 6.00. The molecule has 1 aliphatic carbocycles. The Morgan fingerprint density at radius 2 is 1.68 bits per heavy atom. The summed E-state index contributed by atoms with van der Waals surface area (Å²) in [7, 11) is 0. The van der Waals surface area contributed by atoms with Gasteiger partial charge in [-0.2, -0.15) is 0 Å². The first-order valence-electron chi connectivity index (χ1n) is 14.7. The van der Waals surface area contributed by atoms with Crippen LogP contribution in [0.3, 0.4) is 0 Å². The van der Waals surface area contributed by atoms with Gasteiger partial charge in [0.05, 0.1) is 11.6 Å². The predicted molar refractivity (Wildman–Crippen MR) is 156 cm³/mol. The molecule has 2 aromatic rings. The first-order chi connectivity index (χ1) is 19.8. The number of carbonyl (C=O) groups excluding carboxylic acids is 4. The Morgan fingerprint density at radius 1 is 0.976 bits per heavy atom. The van der Waals surface area contributed by atoms with Crippen LogP contribution >= 0.6 is 0 Å². The predicted octanol–water partition coefficient (Wildman–Crippen LogP) is 3.28. The minimum absolute atomic E-state index is 0.0160. The second kappa shape index (κ2) is 14.1. The van der Waals surface area contributed by atoms with E-state index in [1.807, 2.05) is 44.2 Å². The molecule has 4 amide bonds. The van der Waals surface area contributed by atoms with Crippen molar-refractivity contribution in [2.75, 3.05) is 13.2 Å². The van der Waals surface area contributed by atoms with Crippen LogP contribution in [0.5, 0.6) is 5.75 Å². The number of hydrogen-bond acceptors (Lipinski definition) is 5. The zero-order valence-electron chi connectivity index (χ0n) is 24.0.